The summed E-state index contributed by atoms with van der Waals surface area (Å²) in [5.74, 6) is -0.848. The fraction of sp³-hybridized carbons (Fsp3) is 0.263. The van der Waals surface area contributed by atoms with Crippen LogP contribution in [0.1, 0.15) is 37.8 Å². The van der Waals surface area contributed by atoms with Crippen molar-refractivity contribution >= 4 is 29.3 Å². The molecule has 0 fully saturated rings. The Morgan fingerprint density at radius 3 is 2.33 bits per heavy atom. The lowest BCUT2D eigenvalue weighted by molar-refractivity contribution is -0.118. The van der Waals surface area contributed by atoms with E-state index in [1.165, 1.54) is 0 Å². The SMILES string of the molecule is CC(C)(C)OC(=O)N1C(=O)C(c2ccc(Cl)cc2)c2ccccc21. The first-order valence-corrected chi connectivity index (χ1v) is 8.07. The van der Waals surface area contributed by atoms with Crippen LogP contribution in [-0.2, 0) is 9.53 Å². The molecule has 1 aliphatic heterocycles. The Hall–Kier alpha value is -2.33. The number of hydrogen-bond donors (Lipinski definition) is 0. The number of hydrogen-bond acceptors (Lipinski definition) is 3. The molecule has 2 aromatic carbocycles. The van der Waals surface area contributed by atoms with Crippen LogP contribution in [0.3, 0.4) is 0 Å². The molecule has 124 valence electrons. The van der Waals surface area contributed by atoms with Gasteiger partial charge in [0.25, 0.3) is 0 Å². The Morgan fingerprint density at radius 1 is 1.08 bits per heavy atom. The number of nitrogens with zero attached hydrogens (tertiary/aromatic N) is 1. The van der Waals surface area contributed by atoms with E-state index in [9.17, 15) is 9.59 Å². The summed E-state index contributed by atoms with van der Waals surface area (Å²) in [6, 6.07) is 14.4. The van der Waals surface area contributed by atoms with Gasteiger partial charge in [0.1, 0.15) is 5.60 Å². The van der Waals surface area contributed by atoms with Crippen molar-refractivity contribution in [2.24, 2.45) is 0 Å². The van der Waals surface area contributed by atoms with Crippen LogP contribution in [0.2, 0.25) is 5.02 Å². The maximum absolute atomic E-state index is 13.0. The van der Waals surface area contributed by atoms with Gasteiger partial charge in [0, 0.05) is 5.02 Å². The van der Waals surface area contributed by atoms with Crippen LogP contribution in [0.25, 0.3) is 0 Å². The number of carbonyl (C=O) groups excluding carboxylic acids is 2. The molecule has 0 radical (unpaired) electrons. The summed E-state index contributed by atoms with van der Waals surface area (Å²) in [6.45, 7) is 5.32. The van der Waals surface area contributed by atoms with E-state index in [-0.39, 0.29) is 5.91 Å². The lowest BCUT2D eigenvalue weighted by Gasteiger charge is -2.24. The number of para-hydroxylation sites is 1. The molecule has 1 heterocycles. The van der Waals surface area contributed by atoms with Crippen molar-refractivity contribution in [3.63, 3.8) is 0 Å². The lowest BCUT2D eigenvalue weighted by atomic mass is 9.93. The molecule has 5 heteroatoms. The second-order valence-corrected chi connectivity index (χ2v) is 7.13. The first-order valence-electron chi connectivity index (χ1n) is 7.69. The molecule has 1 aliphatic rings. The van der Waals surface area contributed by atoms with Gasteiger partial charge in [-0.1, -0.05) is 41.9 Å². The standard InChI is InChI=1S/C19H18ClNO3/c1-19(2,3)24-18(23)21-15-7-5-4-6-14(15)16(17(21)22)12-8-10-13(20)11-9-12/h4-11,16H,1-3H3. The third-order valence-corrected chi connectivity index (χ3v) is 3.99. The Labute approximate surface area is 146 Å². The van der Waals surface area contributed by atoms with Gasteiger partial charge in [0.15, 0.2) is 0 Å². The lowest BCUT2D eigenvalue weighted by Crippen LogP contribution is -2.39. The summed E-state index contributed by atoms with van der Waals surface area (Å²) in [5.41, 5.74) is 1.47. The quantitative estimate of drug-likeness (QED) is 0.750. The fourth-order valence-corrected chi connectivity index (χ4v) is 2.92. The number of anilines is 1. The maximum Gasteiger partial charge on any atom is 0.421 e. The van der Waals surface area contributed by atoms with Gasteiger partial charge in [-0.25, -0.2) is 9.69 Å². The molecule has 1 unspecified atom stereocenters. The smallest absolute Gasteiger partial charge is 0.421 e. The monoisotopic (exact) mass is 343 g/mol. The molecule has 4 nitrogen and oxygen atoms in total. The first-order chi connectivity index (χ1) is 11.3. The Kier molecular flexibility index (Phi) is 4.10. The molecule has 0 aromatic heterocycles. The van der Waals surface area contributed by atoms with E-state index in [1.54, 1.807) is 57.2 Å². The van der Waals surface area contributed by atoms with E-state index in [0.717, 1.165) is 16.0 Å². The number of amides is 2. The van der Waals surface area contributed by atoms with E-state index in [4.69, 9.17) is 16.3 Å². The molecule has 1 atom stereocenters. The summed E-state index contributed by atoms with van der Waals surface area (Å²) in [4.78, 5) is 26.6. The number of ether oxygens (including phenoxy) is 1. The van der Waals surface area contributed by atoms with Crippen LogP contribution >= 0.6 is 11.6 Å². The van der Waals surface area contributed by atoms with Gasteiger partial charge >= 0.3 is 6.09 Å². The molecular formula is C19H18ClNO3. The molecule has 0 spiro atoms. The third-order valence-electron chi connectivity index (χ3n) is 3.74. The van der Waals surface area contributed by atoms with E-state index >= 15 is 0 Å². The minimum Gasteiger partial charge on any atom is -0.443 e. The van der Waals surface area contributed by atoms with Crippen LogP contribution < -0.4 is 4.90 Å². The molecule has 0 aliphatic carbocycles. The molecule has 2 amide bonds. The van der Waals surface area contributed by atoms with E-state index in [2.05, 4.69) is 0 Å². The molecule has 24 heavy (non-hydrogen) atoms. The summed E-state index contributed by atoms with van der Waals surface area (Å²) in [7, 11) is 0. The van der Waals surface area contributed by atoms with E-state index < -0.39 is 17.6 Å². The highest BCUT2D eigenvalue weighted by Crippen LogP contribution is 2.41. The highest BCUT2D eigenvalue weighted by atomic mass is 35.5. The average Bonchev–Trinajstić information content (AvgIpc) is 2.78. The van der Waals surface area contributed by atoms with Gasteiger partial charge in [-0.2, -0.15) is 0 Å². The van der Waals surface area contributed by atoms with Crippen molar-refractivity contribution in [3.05, 3.63) is 64.7 Å². The Balaban J connectivity index is 2.04. The predicted octanol–water partition coefficient (Wildman–Crippen LogP) is 4.75. The van der Waals surface area contributed by atoms with Gasteiger partial charge < -0.3 is 4.74 Å². The van der Waals surface area contributed by atoms with Crippen LogP contribution in [0, 0.1) is 0 Å². The van der Waals surface area contributed by atoms with E-state index in [0.29, 0.717) is 10.7 Å². The number of benzene rings is 2. The fourth-order valence-electron chi connectivity index (χ4n) is 2.79. The number of fused-ring (bicyclic) bond motifs is 1. The minimum atomic E-state index is -0.676. The number of rotatable bonds is 1. The molecule has 2 aromatic rings. The largest absolute Gasteiger partial charge is 0.443 e. The third kappa shape index (κ3) is 3.02. The molecular weight excluding hydrogens is 326 g/mol. The number of halogens is 1. The minimum absolute atomic E-state index is 0.312. The van der Waals surface area contributed by atoms with E-state index in [1.807, 2.05) is 12.1 Å². The van der Waals surface area contributed by atoms with Crippen molar-refractivity contribution in [1.82, 2.24) is 0 Å². The van der Waals surface area contributed by atoms with Gasteiger partial charge in [-0.3, -0.25) is 4.79 Å². The average molecular weight is 344 g/mol. The first kappa shape index (κ1) is 16.5. The van der Waals surface area contributed by atoms with Gasteiger partial charge in [-0.05, 0) is 50.1 Å². The summed E-state index contributed by atoms with van der Waals surface area (Å²) < 4.78 is 5.40. The Bertz CT molecular complexity index is 793. The molecule has 0 bridgehead atoms. The van der Waals surface area contributed by atoms with Crippen molar-refractivity contribution in [2.75, 3.05) is 4.90 Å². The molecule has 0 N–H and O–H groups in total. The zero-order valence-corrected chi connectivity index (χ0v) is 14.5. The summed E-state index contributed by atoms with van der Waals surface area (Å²) >= 11 is 5.94. The van der Waals surface area contributed by atoms with Crippen molar-refractivity contribution in [1.29, 1.82) is 0 Å². The normalized spacial score (nSPS) is 16.9. The van der Waals surface area contributed by atoms with Gasteiger partial charge in [-0.15, -0.1) is 0 Å². The second-order valence-electron chi connectivity index (χ2n) is 6.70. The maximum atomic E-state index is 13.0. The van der Waals surface area contributed by atoms with Crippen LogP contribution in [0.4, 0.5) is 10.5 Å². The van der Waals surface area contributed by atoms with Crippen LogP contribution in [0.15, 0.2) is 48.5 Å². The molecule has 3 rings (SSSR count). The predicted molar refractivity (Wildman–Crippen MR) is 93.5 cm³/mol. The topological polar surface area (TPSA) is 46.6 Å². The highest BCUT2D eigenvalue weighted by Gasteiger charge is 2.43. The van der Waals surface area contributed by atoms with Gasteiger partial charge in [0.2, 0.25) is 5.91 Å². The summed E-state index contributed by atoms with van der Waals surface area (Å²) in [5, 5.41) is 0.599. The zero-order chi connectivity index (χ0) is 17.5. The van der Waals surface area contributed by atoms with Crippen LogP contribution in [-0.4, -0.2) is 17.6 Å². The number of carbonyl (C=O) groups is 2. The molecule has 0 saturated heterocycles. The van der Waals surface area contributed by atoms with Crippen molar-refractivity contribution in [3.8, 4) is 0 Å². The highest BCUT2D eigenvalue weighted by molar-refractivity contribution is 6.30. The Morgan fingerprint density at radius 2 is 1.71 bits per heavy atom. The second kappa shape index (κ2) is 5.95. The van der Waals surface area contributed by atoms with Crippen molar-refractivity contribution in [2.45, 2.75) is 32.3 Å². The van der Waals surface area contributed by atoms with Gasteiger partial charge in [0.05, 0.1) is 11.6 Å². The summed E-state index contributed by atoms with van der Waals surface area (Å²) in [6.07, 6.45) is -0.656. The number of imide groups is 1. The molecule has 0 saturated carbocycles. The van der Waals surface area contributed by atoms with Crippen LogP contribution in [0.5, 0.6) is 0 Å². The van der Waals surface area contributed by atoms with Crippen molar-refractivity contribution < 1.29 is 14.3 Å². The zero-order valence-electron chi connectivity index (χ0n) is 13.7.